The second-order valence-corrected chi connectivity index (χ2v) is 9.53. The lowest BCUT2D eigenvalue weighted by atomic mass is 9.96. The van der Waals surface area contributed by atoms with Gasteiger partial charge in [0.25, 0.3) is 0 Å². The van der Waals surface area contributed by atoms with Crippen molar-refractivity contribution in [2.75, 3.05) is 13.1 Å². The third-order valence-corrected chi connectivity index (χ3v) is 7.06. The Kier molecular flexibility index (Phi) is 7.11. The molecule has 1 aliphatic heterocycles. The van der Waals surface area contributed by atoms with Crippen LogP contribution < -0.4 is 4.72 Å². The first-order valence-corrected chi connectivity index (χ1v) is 11.6. The van der Waals surface area contributed by atoms with E-state index in [-0.39, 0.29) is 11.4 Å². The molecule has 0 radical (unpaired) electrons. The van der Waals surface area contributed by atoms with E-state index >= 15 is 0 Å². The number of likely N-dealkylation sites (tertiary alicyclic amines) is 1. The van der Waals surface area contributed by atoms with Gasteiger partial charge < -0.3 is 9.47 Å². The maximum atomic E-state index is 13.4. The van der Waals surface area contributed by atoms with E-state index in [9.17, 15) is 23.7 Å². The number of amides is 1. The van der Waals surface area contributed by atoms with Crippen LogP contribution in [0.1, 0.15) is 25.5 Å². The first-order valence-electron chi connectivity index (χ1n) is 10.2. The van der Waals surface area contributed by atoms with Gasteiger partial charge in [0, 0.05) is 25.8 Å². The van der Waals surface area contributed by atoms with Crippen LogP contribution in [0.4, 0.5) is 0 Å². The van der Waals surface area contributed by atoms with E-state index in [1.54, 1.807) is 46.0 Å². The van der Waals surface area contributed by atoms with Crippen LogP contribution in [0.2, 0.25) is 0 Å². The van der Waals surface area contributed by atoms with Gasteiger partial charge in [-0.3, -0.25) is 4.79 Å². The average molecular weight is 440 g/mol. The molecular weight excluding hydrogens is 414 g/mol. The first-order chi connectivity index (χ1) is 14.9. The maximum Gasteiger partial charge on any atom is 0.242 e. The first kappa shape index (κ1) is 22.5. The van der Waals surface area contributed by atoms with Gasteiger partial charge in [-0.2, -0.15) is 15.2 Å². The molecule has 3 rings (SSSR count). The van der Waals surface area contributed by atoms with Crippen molar-refractivity contribution >= 4 is 15.9 Å². The maximum absolute atomic E-state index is 13.4. The molecule has 0 spiro atoms. The van der Waals surface area contributed by atoms with Gasteiger partial charge in [-0.1, -0.05) is 25.1 Å². The van der Waals surface area contributed by atoms with Crippen LogP contribution in [0.15, 0.2) is 53.6 Å². The number of aromatic nitrogens is 1. The van der Waals surface area contributed by atoms with Gasteiger partial charge in [0.2, 0.25) is 15.9 Å². The number of piperidine rings is 1. The van der Waals surface area contributed by atoms with Crippen molar-refractivity contribution in [3.05, 3.63) is 54.4 Å². The smallest absolute Gasteiger partial charge is 0.242 e. The molecule has 31 heavy (non-hydrogen) atoms. The van der Waals surface area contributed by atoms with Gasteiger partial charge in [-0.05, 0) is 43.0 Å². The number of nitriles is 2. The van der Waals surface area contributed by atoms with Crippen molar-refractivity contribution in [2.24, 2.45) is 11.8 Å². The highest BCUT2D eigenvalue weighted by Crippen LogP contribution is 2.21. The Morgan fingerprint density at radius 2 is 1.84 bits per heavy atom. The largest absolute Gasteiger partial charge is 0.341 e. The molecule has 1 saturated heterocycles. The third-order valence-electron chi connectivity index (χ3n) is 5.60. The number of hydrogen-bond donors (Lipinski definition) is 1. The summed E-state index contributed by atoms with van der Waals surface area (Å²) in [5.74, 6) is -0.915. The summed E-state index contributed by atoms with van der Waals surface area (Å²) in [6.07, 6.45) is 3.30. The lowest BCUT2D eigenvalue weighted by Gasteiger charge is -2.34. The Bertz CT molecular complexity index is 1090. The molecule has 162 valence electrons. The Hall–Kier alpha value is -3.14. The van der Waals surface area contributed by atoms with E-state index in [1.165, 1.54) is 12.1 Å². The Balaban J connectivity index is 1.92. The highest BCUT2D eigenvalue weighted by atomic mass is 32.2. The van der Waals surface area contributed by atoms with Crippen molar-refractivity contribution in [1.29, 1.82) is 10.5 Å². The number of rotatable bonds is 7. The van der Waals surface area contributed by atoms with E-state index in [0.717, 1.165) is 12.8 Å². The van der Waals surface area contributed by atoms with E-state index < -0.39 is 27.9 Å². The Labute approximate surface area is 182 Å². The van der Waals surface area contributed by atoms with E-state index in [2.05, 4.69) is 17.7 Å². The van der Waals surface area contributed by atoms with E-state index in [4.69, 9.17) is 0 Å². The fraction of sp³-hybridized carbons (Fsp3) is 0.409. The van der Waals surface area contributed by atoms with Crippen molar-refractivity contribution in [2.45, 2.75) is 37.2 Å². The minimum atomic E-state index is -4.03. The van der Waals surface area contributed by atoms with Crippen LogP contribution in [0, 0.1) is 34.5 Å². The summed E-state index contributed by atoms with van der Waals surface area (Å²) in [4.78, 5) is 15.0. The number of carbonyl (C=O) groups is 1. The Morgan fingerprint density at radius 1 is 1.16 bits per heavy atom. The molecule has 2 unspecified atom stereocenters. The zero-order valence-corrected chi connectivity index (χ0v) is 18.1. The summed E-state index contributed by atoms with van der Waals surface area (Å²) in [5.41, 5.74) is 0.337. The molecule has 0 saturated carbocycles. The number of nitrogens with zero attached hydrogens (tertiary/aromatic N) is 4. The highest BCUT2D eigenvalue weighted by Gasteiger charge is 2.37. The zero-order valence-electron chi connectivity index (χ0n) is 17.3. The quantitative estimate of drug-likeness (QED) is 0.709. The number of carbonyl (C=O) groups excluding carboxylic acids is 1. The van der Waals surface area contributed by atoms with E-state index in [1.807, 2.05) is 6.07 Å². The summed E-state index contributed by atoms with van der Waals surface area (Å²) in [6.45, 7) is 3.18. The molecule has 9 heteroatoms. The molecule has 0 bridgehead atoms. The molecule has 2 heterocycles. The van der Waals surface area contributed by atoms with Crippen LogP contribution in [-0.2, 0) is 21.4 Å². The summed E-state index contributed by atoms with van der Waals surface area (Å²) in [6, 6.07) is 13.9. The topological polar surface area (TPSA) is 119 Å². The van der Waals surface area contributed by atoms with Crippen molar-refractivity contribution in [1.82, 2.24) is 14.2 Å². The zero-order chi connectivity index (χ0) is 22.4. The van der Waals surface area contributed by atoms with Crippen molar-refractivity contribution in [3.8, 4) is 12.1 Å². The molecular formula is C22H25N5O3S. The molecule has 1 fully saturated rings. The van der Waals surface area contributed by atoms with Gasteiger partial charge in [-0.15, -0.1) is 0 Å². The second kappa shape index (κ2) is 9.78. The van der Waals surface area contributed by atoms with Crippen LogP contribution in [-0.4, -0.2) is 42.9 Å². The minimum Gasteiger partial charge on any atom is -0.341 e. The summed E-state index contributed by atoms with van der Waals surface area (Å²) < 4.78 is 30.0. The predicted octanol–water partition coefficient (Wildman–Crippen LogP) is 2.11. The highest BCUT2D eigenvalue weighted by molar-refractivity contribution is 7.89. The summed E-state index contributed by atoms with van der Waals surface area (Å²) in [7, 11) is -4.03. The lowest BCUT2D eigenvalue weighted by molar-refractivity contribution is -0.135. The fourth-order valence-electron chi connectivity index (χ4n) is 3.67. The van der Waals surface area contributed by atoms with Crippen LogP contribution >= 0.6 is 0 Å². The van der Waals surface area contributed by atoms with Gasteiger partial charge in [0.15, 0.2) is 0 Å². The van der Waals surface area contributed by atoms with Crippen LogP contribution in [0.25, 0.3) is 0 Å². The molecule has 0 aliphatic carbocycles. The molecule has 2 atom stereocenters. The van der Waals surface area contributed by atoms with Gasteiger partial charge in [-0.25, -0.2) is 8.42 Å². The fourth-order valence-corrected chi connectivity index (χ4v) is 4.92. The van der Waals surface area contributed by atoms with Crippen molar-refractivity contribution < 1.29 is 13.2 Å². The molecule has 1 aliphatic rings. The van der Waals surface area contributed by atoms with Gasteiger partial charge >= 0.3 is 0 Å². The third kappa shape index (κ3) is 5.32. The number of hydrogen-bond acceptors (Lipinski definition) is 5. The molecule has 1 aromatic carbocycles. The summed E-state index contributed by atoms with van der Waals surface area (Å²) >= 11 is 0. The van der Waals surface area contributed by atoms with Gasteiger partial charge in [0.1, 0.15) is 17.8 Å². The average Bonchev–Trinajstić information content (AvgIpc) is 3.24. The molecule has 2 aromatic rings. The van der Waals surface area contributed by atoms with Crippen molar-refractivity contribution in [3.63, 3.8) is 0 Å². The van der Waals surface area contributed by atoms with E-state index in [0.29, 0.717) is 24.7 Å². The van der Waals surface area contributed by atoms with Crippen LogP contribution in [0.5, 0.6) is 0 Å². The molecule has 1 N–H and O–H groups in total. The monoisotopic (exact) mass is 439 g/mol. The number of benzene rings is 1. The molecule has 8 nitrogen and oxygen atoms in total. The minimum absolute atomic E-state index is 0.0182. The Morgan fingerprint density at radius 3 is 2.45 bits per heavy atom. The SMILES string of the molecule is CC1CCN(C(=O)C(NS(=O)(=O)c2ccccc2)C(C#N)Cn2cccc2C#N)CC1. The van der Waals surface area contributed by atoms with Crippen LogP contribution in [0.3, 0.4) is 0 Å². The lowest BCUT2D eigenvalue weighted by Crippen LogP contribution is -2.54. The normalized spacial score (nSPS) is 16.8. The standard InChI is InChI=1S/C22H25N5O3S/c1-17-9-12-26(13-10-17)22(28)21(25-31(29,30)20-7-3-2-4-8-20)18(14-23)16-27-11-5-6-19(27)15-24/h2-8,11,17-18,21,25H,9-10,12-13,16H2,1H3. The second-order valence-electron chi connectivity index (χ2n) is 7.81. The predicted molar refractivity (Wildman–Crippen MR) is 114 cm³/mol. The summed E-state index contributed by atoms with van der Waals surface area (Å²) in [5, 5.41) is 19.1. The number of sulfonamides is 1. The molecule has 1 aromatic heterocycles. The molecule has 1 amide bonds. The number of nitrogens with one attached hydrogen (secondary N) is 1. The van der Waals surface area contributed by atoms with Gasteiger partial charge in [0.05, 0.1) is 16.9 Å².